The summed E-state index contributed by atoms with van der Waals surface area (Å²) in [6, 6.07) is 7.24. The average molecular weight is 247 g/mol. The molecule has 1 fully saturated rings. The van der Waals surface area contributed by atoms with Crippen molar-refractivity contribution in [1.29, 1.82) is 0 Å². The minimum absolute atomic E-state index is 0.398. The summed E-state index contributed by atoms with van der Waals surface area (Å²) in [7, 11) is 0. The van der Waals surface area contributed by atoms with Gasteiger partial charge in [-0.05, 0) is 49.4 Å². The maximum absolute atomic E-state index is 6.11. The van der Waals surface area contributed by atoms with Crippen LogP contribution in [-0.2, 0) is 0 Å². The first-order valence-corrected chi connectivity index (χ1v) is 7.10. The summed E-state index contributed by atoms with van der Waals surface area (Å²) >= 11 is 0. The van der Waals surface area contributed by atoms with E-state index in [9.17, 15) is 0 Å². The van der Waals surface area contributed by atoms with Crippen molar-refractivity contribution in [2.24, 2.45) is 0 Å². The van der Waals surface area contributed by atoms with Crippen molar-refractivity contribution in [1.82, 2.24) is 5.32 Å². The van der Waals surface area contributed by atoms with E-state index in [1.54, 1.807) is 0 Å². The zero-order chi connectivity index (χ0) is 13.1. The van der Waals surface area contributed by atoms with Gasteiger partial charge in [0.2, 0.25) is 0 Å². The summed E-state index contributed by atoms with van der Waals surface area (Å²) in [5, 5.41) is 3.46. The molecule has 0 radical (unpaired) electrons. The Labute approximate surface area is 111 Å². The summed E-state index contributed by atoms with van der Waals surface area (Å²) in [6.45, 7) is 9.78. The molecule has 0 heterocycles. The van der Waals surface area contributed by atoms with Gasteiger partial charge in [0, 0.05) is 6.04 Å². The van der Waals surface area contributed by atoms with Crippen LogP contribution in [0.25, 0.3) is 0 Å². The zero-order valence-electron chi connectivity index (χ0n) is 12.0. The maximum Gasteiger partial charge on any atom is 0.122 e. The van der Waals surface area contributed by atoms with E-state index >= 15 is 0 Å². The molecule has 0 atom stereocenters. The number of benzene rings is 1. The van der Waals surface area contributed by atoms with E-state index in [1.165, 1.54) is 11.1 Å². The van der Waals surface area contributed by atoms with Gasteiger partial charge in [0.05, 0.1) is 0 Å². The molecule has 0 spiro atoms. The number of aryl methyl sites for hydroxylation is 1. The number of hydrogen-bond donors (Lipinski definition) is 1. The van der Waals surface area contributed by atoms with Crippen LogP contribution in [0.3, 0.4) is 0 Å². The summed E-state index contributed by atoms with van der Waals surface area (Å²) in [4.78, 5) is 0. The molecule has 1 aromatic rings. The third kappa shape index (κ3) is 3.05. The fourth-order valence-electron chi connectivity index (χ4n) is 2.40. The van der Waals surface area contributed by atoms with Crippen molar-refractivity contribution < 1.29 is 4.74 Å². The Kier molecular flexibility index (Phi) is 4.28. The Bertz CT molecular complexity index is 394. The van der Waals surface area contributed by atoms with Crippen LogP contribution in [0.2, 0.25) is 0 Å². The first kappa shape index (κ1) is 13.4. The van der Waals surface area contributed by atoms with E-state index in [1.807, 2.05) is 0 Å². The van der Waals surface area contributed by atoms with E-state index in [-0.39, 0.29) is 0 Å². The van der Waals surface area contributed by atoms with Crippen LogP contribution in [0.15, 0.2) is 18.2 Å². The molecule has 1 saturated carbocycles. The summed E-state index contributed by atoms with van der Waals surface area (Å²) in [5.74, 6) is 1.63. The van der Waals surface area contributed by atoms with Crippen molar-refractivity contribution >= 4 is 0 Å². The van der Waals surface area contributed by atoms with Crippen LogP contribution in [0.1, 0.15) is 50.7 Å². The fourth-order valence-corrected chi connectivity index (χ4v) is 2.40. The van der Waals surface area contributed by atoms with Gasteiger partial charge < -0.3 is 10.1 Å². The van der Waals surface area contributed by atoms with Crippen molar-refractivity contribution in [3.05, 3.63) is 29.3 Å². The van der Waals surface area contributed by atoms with E-state index in [2.05, 4.69) is 51.2 Å². The van der Waals surface area contributed by atoms with Crippen LogP contribution >= 0.6 is 0 Å². The lowest BCUT2D eigenvalue weighted by Crippen LogP contribution is -2.46. The SMILES string of the molecule is CCNC1CC(Oc2cc(C(C)C)ccc2C)C1. The van der Waals surface area contributed by atoms with Crippen LogP contribution in [0.5, 0.6) is 5.75 Å². The highest BCUT2D eigenvalue weighted by atomic mass is 16.5. The predicted molar refractivity (Wildman–Crippen MR) is 76.4 cm³/mol. The second-order valence-electron chi connectivity index (χ2n) is 5.65. The second kappa shape index (κ2) is 5.75. The van der Waals surface area contributed by atoms with E-state index in [0.29, 0.717) is 18.1 Å². The quantitative estimate of drug-likeness (QED) is 0.857. The zero-order valence-corrected chi connectivity index (χ0v) is 12.0. The Morgan fingerprint density at radius 1 is 1.33 bits per heavy atom. The Morgan fingerprint density at radius 3 is 2.67 bits per heavy atom. The molecule has 0 aromatic heterocycles. The first-order chi connectivity index (χ1) is 8.60. The van der Waals surface area contributed by atoms with Gasteiger partial charge in [-0.3, -0.25) is 0 Å². The van der Waals surface area contributed by atoms with Gasteiger partial charge in [0.15, 0.2) is 0 Å². The minimum Gasteiger partial charge on any atom is -0.490 e. The lowest BCUT2D eigenvalue weighted by Gasteiger charge is -2.36. The Balaban J connectivity index is 1.95. The molecular formula is C16H25NO. The molecule has 1 aromatic carbocycles. The van der Waals surface area contributed by atoms with Gasteiger partial charge in [-0.1, -0.05) is 32.9 Å². The van der Waals surface area contributed by atoms with E-state index < -0.39 is 0 Å². The van der Waals surface area contributed by atoms with Gasteiger partial charge in [0.1, 0.15) is 11.9 Å². The number of hydrogen-bond acceptors (Lipinski definition) is 2. The van der Waals surface area contributed by atoms with Gasteiger partial charge in [0.25, 0.3) is 0 Å². The molecule has 0 unspecified atom stereocenters. The smallest absolute Gasteiger partial charge is 0.122 e. The molecule has 18 heavy (non-hydrogen) atoms. The Morgan fingerprint density at radius 2 is 2.06 bits per heavy atom. The molecule has 1 N–H and O–H groups in total. The van der Waals surface area contributed by atoms with Gasteiger partial charge in [-0.25, -0.2) is 0 Å². The van der Waals surface area contributed by atoms with Crippen molar-refractivity contribution in [3.63, 3.8) is 0 Å². The van der Waals surface area contributed by atoms with Crippen LogP contribution < -0.4 is 10.1 Å². The maximum atomic E-state index is 6.11. The first-order valence-electron chi connectivity index (χ1n) is 7.10. The van der Waals surface area contributed by atoms with Crippen LogP contribution in [0, 0.1) is 6.92 Å². The van der Waals surface area contributed by atoms with E-state index in [0.717, 1.165) is 25.1 Å². The molecule has 2 rings (SSSR count). The molecular weight excluding hydrogens is 222 g/mol. The Hall–Kier alpha value is -1.02. The highest BCUT2D eigenvalue weighted by molar-refractivity contribution is 5.38. The highest BCUT2D eigenvalue weighted by Crippen LogP contribution is 2.30. The average Bonchev–Trinajstić information content (AvgIpc) is 2.28. The molecule has 100 valence electrons. The lowest BCUT2D eigenvalue weighted by atomic mass is 9.89. The van der Waals surface area contributed by atoms with Crippen molar-refractivity contribution in [2.45, 2.75) is 58.6 Å². The lowest BCUT2D eigenvalue weighted by molar-refractivity contribution is 0.0852. The fraction of sp³-hybridized carbons (Fsp3) is 0.625. The molecule has 2 heteroatoms. The summed E-state index contributed by atoms with van der Waals surface area (Å²) < 4.78 is 6.11. The highest BCUT2D eigenvalue weighted by Gasteiger charge is 2.30. The molecule has 1 aliphatic rings. The molecule has 0 bridgehead atoms. The molecule has 1 aliphatic carbocycles. The second-order valence-corrected chi connectivity index (χ2v) is 5.65. The molecule has 2 nitrogen and oxygen atoms in total. The van der Waals surface area contributed by atoms with Gasteiger partial charge in [-0.2, -0.15) is 0 Å². The van der Waals surface area contributed by atoms with Crippen LogP contribution in [-0.4, -0.2) is 18.7 Å². The predicted octanol–water partition coefficient (Wildman–Crippen LogP) is 3.64. The third-order valence-electron chi connectivity index (χ3n) is 3.76. The monoisotopic (exact) mass is 247 g/mol. The van der Waals surface area contributed by atoms with E-state index in [4.69, 9.17) is 4.74 Å². The third-order valence-corrected chi connectivity index (χ3v) is 3.76. The topological polar surface area (TPSA) is 21.3 Å². The van der Waals surface area contributed by atoms with Crippen molar-refractivity contribution in [2.75, 3.05) is 6.54 Å². The number of rotatable bonds is 5. The molecule has 0 amide bonds. The van der Waals surface area contributed by atoms with Crippen molar-refractivity contribution in [3.8, 4) is 5.75 Å². The summed E-state index contributed by atoms with van der Waals surface area (Å²) in [6.07, 6.45) is 2.67. The standard InChI is InChI=1S/C16H25NO/c1-5-17-14-9-15(10-14)18-16-8-13(11(2)3)7-6-12(16)4/h6-8,11,14-15,17H,5,9-10H2,1-4H3. The normalized spacial score (nSPS) is 22.9. The number of nitrogens with one attached hydrogen (secondary N) is 1. The molecule has 0 saturated heterocycles. The van der Waals surface area contributed by atoms with Gasteiger partial charge in [-0.15, -0.1) is 0 Å². The van der Waals surface area contributed by atoms with Crippen LogP contribution in [0.4, 0.5) is 0 Å². The van der Waals surface area contributed by atoms with Gasteiger partial charge >= 0.3 is 0 Å². The number of ether oxygens (including phenoxy) is 1. The summed E-state index contributed by atoms with van der Waals surface area (Å²) in [5.41, 5.74) is 2.60. The largest absolute Gasteiger partial charge is 0.490 e. The molecule has 0 aliphatic heterocycles. The minimum atomic E-state index is 0.398.